The monoisotopic (exact) mass is 242 g/mol. The minimum Gasteiger partial charge on any atom is -0.368 e. The van der Waals surface area contributed by atoms with Crippen LogP contribution in [0.25, 0.3) is 0 Å². The van der Waals surface area contributed by atoms with Crippen LogP contribution in [0.3, 0.4) is 0 Å². The molecule has 0 aromatic carbocycles. The molecule has 0 aliphatic heterocycles. The third-order valence-corrected chi connectivity index (χ3v) is 2.84. The van der Waals surface area contributed by atoms with Gasteiger partial charge in [-0.1, -0.05) is 6.92 Å². The van der Waals surface area contributed by atoms with Crippen molar-refractivity contribution in [3.63, 3.8) is 0 Å². The highest BCUT2D eigenvalue weighted by Crippen LogP contribution is 2.14. The van der Waals surface area contributed by atoms with Gasteiger partial charge in [-0.3, -0.25) is 0 Å². The molecule has 1 aromatic rings. The number of nitrogens with one attached hydrogen (secondary N) is 2. The van der Waals surface area contributed by atoms with Gasteiger partial charge >= 0.3 is 0 Å². The van der Waals surface area contributed by atoms with Crippen LogP contribution >= 0.6 is 11.8 Å². The largest absolute Gasteiger partial charge is 0.368 e. The molecule has 90 valence electrons. The molecule has 1 rings (SSSR count). The number of aromatic nitrogens is 2. The molecule has 0 aliphatic rings. The lowest BCUT2D eigenvalue weighted by molar-refractivity contribution is 0.769. The summed E-state index contributed by atoms with van der Waals surface area (Å²) in [6.45, 7) is 2.13. The van der Waals surface area contributed by atoms with E-state index < -0.39 is 0 Å². The van der Waals surface area contributed by atoms with Crippen LogP contribution < -0.4 is 22.3 Å². The first-order chi connectivity index (χ1) is 7.69. The second-order valence-corrected chi connectivity index (χ2v) is 4.26. The second kappa shape index (κ2) is 6.39. The van der Waals surface area contributed by atoms with Crippen molar-refractivity contribution in [2.24, 2.45) is 5.84 Å². The van der Waals surface area contributed by atoms with Crippen LogP contribution in [0.2, 0.25) is 0 Å². The first kappa shape index (κ1) is 12.9. The Morgan fingerprint density at radius 3 is 2.69 bits per heavy atom. The van der Waals surface area contributed by atoms with Crippen LogP contribution in [0.1, 0.15) is 13.3 Å². The van der Waals surface area contributed by atoms with E-state index in [0.29, 0.717) is 17.7 Å². The van der Waals surface area contributed by atoms with Gasteiger partial charge in [0.05, 0.1) is 0 Å². The molecule has 6 N–H and O–H groups in total. The van der Waals surface area contributed by atoms with Crippen molar-refractivity contribution in [2.45, 2.75) is 19.4 Å². The molecule has 1 aromatic heterocycles. The molecule has 6 nitrogen and oxygen atoms in total. The molecule has 0 saturated heterocycles. The number of anilines is 3. The molecule has 0 saturated carbocycles. The Labute approximate surface area is 99.6 Å². The molecule has 0 fully saturated rings. The van der Waals surface area contributed by atoms with E-state index in [-0.39, 0.29) is 5.95 Å². The van der Waals surface area contributed by atoms with Crippen molar-refractivity contribution in [3.05, 3.63) is 6.07 Å². The Hall–Kier alpha value is -1.21. The zero-order chi connectivity index (χ0) is 12.0. The maximum atomic E-state index is 5.56. The van der Waals surface area contributed by atoms with E-state index in [2.05, 4.69) is 33.9 Å². The normalized spacial score (nSPS) is 12.2. The summed E-state index contributed by atoms with van der Waals surface area (Å²) < 4.78 is 0. The zero-order valence-corrected chi connectivity index (χ0v) is 10.3. The lowest BCUT2D eigenvalue weighted by Crippen LogP contribution is -2.22. The van der Waals surface area contributed by atoms with Crippen molar-refractivity contribution >= 4 is 29.3 Å². The number of nitrogens with two attached hydrogens (primary N) is 2. The van der Waals surface area contributed by atoms with Gasteiger partial charge in [0.15, 0.2) is 0 Å². The predicted molar refractivity (Wildman–Crippen MR) is 70.3 cm³/mol. The van der Waals surface area contributed by atoms with Gasteiger partial charge < -0.3 is 16.5 Å². The highest BCUT2D eigenvalue weighted by atomic mass is 32.2. The summed E-state index contributed by atoms with van der Waals surface area (Å²) in [4.78, 5) is 8.02. The van der Waals surface area contributed by atoms with E-state index >= 15 is 0 Å². The number of nitrogens with zero attached hydrogens (tertiary/aromatic N) is 2. The van der Waals surface area contributed by atoms with E-state index in [1.165, 1.54) is 0 Å². The second-order valence-electron chi connectivity index (χ2n) is 3.35. The molecule has 0 radical (unpaired) electrons. The van der Waals surface area contributed by atoms with Crippen molar-refractivity contribution in [3.8, 4) is 0 Å². The summed E-state index contributed by atoms with van der Waals surface area (Å²) in [6, 6.07) is 2.11. The number of rotatable bonds is 6. The Kier molecular flexibility index (Phi) is 5.13. The molecule has 0 amide bonds. The number of hydrazine groups is 1. The van der Waals surface area contributed by atoms with E-state index in [0.717, 1.165) is 12.2 Å². The Morgan fingerprint density at radius 2 is 2.12 bits per heavy atom. The fraction of sp³-hybridized carbons (Fsp3) is 0.556. The quantitative estimate of drug-likeness (QED) is 0.434. The van der Waals surface area contributed by atoms with E-state index in [1.54, 1.807) is 17.8 Å². The standard InChI is InChI=1S/C9H18N6S/c1-3-6(5-16-2)12-7-4-8(15-11)14-9(10)13-7/h4,6H,3,5,11H2,1-2H3,(H4,10,12,13,14,15). The first-order valence-corrected chi connectivity index (χ1v) is 6.45. The summed E-state index contributed by atoms with van der Waals surface area (Å²) in [5, 5.41) is 3.30. The molecule has 0 bridgehead atoms. The van der Waals surface area contributed by atoms with Gasteiger partial charge in [-0.25, -0.2) is 5.84 Å². The third-order valence-electron chi connectivity index (χ3n) is 2.10. The Bertz CT molecular complexity index is 332. The molecule has 0 spiro atoms. The SMILES string of the molecule is CCC(CSC)Nc1cc(NN)nc(N)n1. The summed E-state index contributed by atoms with van der Waals surface area (Å²) in [6.07, 6.45) is 3.10. The summed E-state index contributed by atoms with van der Waals surface area (Å²) in [7, 11) is 0. The van der Waals surface area contributed by atoms with Crippen molar-refractivity contribution in [1.82, 2.24) is 9.97 Å². The lowest BCUT2D eigenvalue weighted by Gasteiger charge is -2.16. The molecule has 0 aliphatic carbocycles. The van der Waals surface area contributed by atoms with Gasteiger partial charge in [0.25, 0.3) is 0 Å². The van der Waals surface area contributed by atoms with E-state index in [9.17, 15) is 0 Å². The zero-order valence-electron chi connectivity index (χ0n) is 9.53. The fourth-order valence-electron chi connectivity index (χ4n) is 1.29. The number of hydrogen-bond acceptors (Lipinski definition) is 7. The highest BCUT2D eigenvalue weighted by molar-refractivity contribution is 7.98. The molecule has 7 heteroatoms. The topological polar surface area (TPSA) is 102 Å². The molecular weight excluding hydrogens is 224 g/mol. The van der Waals surface area contributed by atoms with Gasteiger partial charge in [-0.05, 0) is 12.7 Å². The van der Waals surface area contributed by atoms with Crippen molar-refractivity contribution in [1.29, 1.82) is 0 Å². The molecule has 1 heterocycles. The number of nitrogen functional groups attached to an aromatic ring is 2. The van der Waals surface area contributed by atoms with Gasteiger partial charge in [0.2, 0.25) is 5.95 Å². The molecule has 16 heavy (non-hydrogen) atoms. The van der Waals surface area contributed by atoms with Gasteiger partial charge in [-0.15, -0.1) is 0 Å². The van der Waals surface area contributed by atoms with Crippen molar-refractivity contribution < 1.29 is 0 Å². The average Bonchev–Trinajstić information content (AvgIpc) is 2.27. The minimum atomic E-state index is 0.206. The summed E-state index contributed by atoms with van der Waals surface area (Å²) in [5.41, 5.74) is 8.02. The highest BCUT2D eigenvalue weighted by Gasteiger charge is 2.07. The first-order valence-electron chi connectivity index (χ1n) is 5.06. The lowest BCUT2D eigenvalue weighted by atomic mass is 10.2. The summed E-state index contributed by atoms with van der Waals surface area (Å²) >= 11 is 1.79. The van der Waals surface area contributed by atoms with Gasteiger partial charge in [0.1, 0.15) is 11.6 Å². The smallest absolute Gasteiger partial charge is 0.223 e. The van der Waals surface area contributed by atoms with Crippen LogP contribution in [0, 0.1) is 0 Å². The molecular formula is C9H18N6S. The maximum Gasteiger partial charge on any atom is 0.223 e. The number of thioether (sulfide) groups is 1. The van der Waals surface area contributed by atoms with Crippen LogP contribution in [0.4, 0.5) is 17.6 Å². The van der Waals surface area contributed by atoms with E-state index in [1.807, 2.05) is 0 Å². The third kappa shape index (κ3) is 3.74. The maximum absolute atomic E-state index is 5.56. The summed E-state index contributed by atoms with van der Waals surface area (Å²) in [5.74, 6) is 7.71. The predicted octanol–water partition coefficient (Wildman–Crippen LogP) is 0.898. The van der Waals surface area contributed by atoms with E-state index in [4.69, 9.17) is 11.6 Å². The van der Waals surface area contributed by atoms with Crippen molar-refractivity contribution in [2.75, 3.05) is 28.5 Å². The fourth-order valence-corrected chi connectivity index (χ4v) is 2.01. The van der Waals surface area contributed by atoms with Crippen LogP contribution in [0.5, 0.6) is 0 Å². The average molecular weight is 242 g/mol. The Morgan fingerprint density at radius 1 is 1.44 bits per heavy atom. The van der Waals surface area contributed by atoms with Gasteiger partial charge in [0, 0.05) is 17.9 Å². The minimum absolute atomic E-state index is 0.206. The van der Waals surface area contributed by atoms with Crippen LogP contribution in [-0.2, 0) is 0 Å². The van der Waals surface area contributed by atoms with Gasteiger partial charge in [-0.2, -0.15) is 21.7 Å². The molecule has 1 unspecified atom stereocenters. The number of hydrogen-bond donors (Lipinski definition) is 4. The Balaban J connectivity index is 2.74. The molecule has 1 atom stereocenters. The van der Waals surface area contributed by atoms with Crippen LogP contribution in [-0.4, -0.2) is 28.0 Å². The van der Waals surface area contributed by atoms with Crippen LogP contribution in [0.15, 0.2) is 6.07 Å².